The van der Waals surface area contributed by atoms with Crippen LogP contribution in [0.1, 0.15) is 44.5 Å². The van der Waals surface area contributed by atoms with E-state index >= 15 is 0 Å². The van der Waals surface area contributed by atoms with E-state index in [-0.39, 0.29) is 93.3 Å². The average Bonchev–Trinajstić information content (AvgIpc) is 1.57. The molecule has 0 fully saturated rings. The number of ether oxygens (including phenoxy) is 6. The lowest BCUT2D eigenvalue weighted by atomic mass is 9.90. The summed E-state index contributed by atoms with van der Waals surface area (Å²) in [6.45, 7) is -2.14. The van der Waals surface area contributed by atoms with Crippen molar-refractivity contribution in [1.82, 2.24) is 25.2 Å². The van der Waals surface area contributed by atoms with E-state index in [4.69, 9.17) is 48.8 Å². The molecule has 18 nitrogen and oxygen atoms in total. The van der Waals surface area contributed by atoms with Gasteiger partial charge in [0.1, 0.15) is 90.6 Å². The van der Waals surface area contributed by atoms with Gasteiger partial charge in [-0.05, 0) is 230 Å². The van der Waals surface area contributed by atoms with Crippen molar-refractivity contribution in [2.24, 2.45) is 10.8 Å². The van der Waals surface area contributed by atoms with Crippen molar-refractivity contribution in [2.45, 2.75) is 38.5 Å². The molecule has 0 bridgehead atoms. The fourth-order valence-electron chi connectivity index (χ4n) is 14.1. The van der Waals surface area contributed by atoms with Gasteiger partial charge in [0.2, 0.25) is 0 Å². The molecule has 0 atom stereocenters. The van der Waals surface area contributed by atoms with Gasteiger partial charge in [0.05, 0.1) is 75.2 Å². The van der Waals surface area contributed by atoms with Gasteiger partial charge in [-0.15, -0.1) is 0 Å². The molecule has 123 heavy (non-hydrogen) atoms. The number of hydrogen-bond donors (Lipinski definition) is 0. The van der Waals surface area contributed by atoms with Gasteiger partial charge in [0, 0.05) is 56.3 Å². The molecule has 0 aliphatic rings. The molecular formula is C96H69F9N12O6. The van der Waals surface area contributed by atoms with Crippen LogP contribution in [0.3, 0.4) is 0 Å². The van der Waals surface area contributed by atoms with Crippen LogP contribution in [0.5, 0.6) is 34.5 Å². The zero-order chi connectivity index (χ0) is 85.9. The molecule has 0 aliphatic carbocycles. The summed E-state index contributed by atoms with van der Waals surface area (Å²) in [4.78, 5) is 6.81. The highest BCUT2D eigenvalue weighted by Crippen LogP contribution is 2.46. The Hall–Kier alpha value is -15.6. The van der Waals surface area contributed by atoms with Crippen LogP contribution in [0.15, 0.2) is 303 Å². The van der Waals surface area contributed by atoms with Crippen LogP contribution in [0.2, 0.25) is 0 Å². The SMILES string of the molecule is Cc1cc(OCC(COc2ccc(C#N)cc2)(COc2ccc(C#N)cc2)C[n+]2nc3c(-c4ccc(N(c5ccccc5)c5ccccc5)cc4)c4nn(CC(COc5ccc(C#N)cc5)(COc5ccc(C#N)cc5)COc5cc(C(F)(F)F)cc(C(F)(F)F)c5)nc4c(-c4ccc(N(c5ccccc5)c5ccccc5)cc4)c3[n-]2)cc(C(F)(F)F)c1. The molecule has 0 amide bonds. The molecule has 15 rings (SSSR count). The molecule has 612 valence electrons. The number of para-hydroxylation sites is 4. The van der Waals surface area contributed by atoms with Gasteiger partial charge in [-0.2, -0.15) is 90.5 Å². The van der Waals surface area contributed by atoms with E-state index in [0.717, 1.165) is 34.9 Å². The van der Waals surface area contributed by atoms with Crippen molar-refractivity contribution in [3.8, 4) is 81.0 Å². The number of nitriles is 4. The van der Waals surface area contributed by atoms with Gasteiger partial charge in [0.15, 0.2) is 6.54 Å². The Morgan fingerprint density at radius 3 is 0.984 bits per heavy atom. The van der Waals surface area contributed by atoms with Crippen LogP contribution >= 0.6 is 0 Å². The standard InChI is InChI=1S/C96H69F9N12O6/c1-64-46-71(94(97,98)99)49-84(47-64)122-62-92(58-118-80-38-22-65(52-106)23-39-80,59-119-81-40-24-66(53-107)25-41-81)56-114-110-88-86(69-30-34-78(35-31-69)116(74-14-6-2-7-15-74)75-16-8-3-9-17-75)90-91(87(89(88)111-114)70-32-36-79(37-33-70)117(76-18-10-4-11-19-76)77-20-12-5-13-21-77)113-115(112-90)57-93(60-120-82-42-26-67(54-108)27-43-82,61-121-83-44-28-68(55-109)29-45-83)63-123-85-50-72(95(100,101)102)48-73(51-85)96(103,104)105/h2-51H,56-63H2,1H3. The summed E-state index contributed by atoms with van der Waals surface area (Å²) in [6.07, 6.45) is -15.3. The first-order valence-electron chi connectivity index (χ1n) is 38.3. The first-order chi connectivity index (χ1) is 59.4. The van der Waals surface area contributed by atoms with Crippen molar-refractivity contribution in [3.05, 3.63) is 348 Å². The zero-order valence-corrected chi connectivity index (χ0v) is 65.2. The van der Waals surface area contributed by atoms with Gasteiger partial charge in [-0.25, -0.2) is 0 Å². The van der Waals surface area contributed by atoms with Gasteiger partial charge < -0.3 is 38.2 Å². The van der Waals surface area contributed by atoms with Gasteiger partial charge in [-0.1, -0.05) is 97.1 Å². The second-order valence-electron chi connectivity index (χ2n) is 29.3. The molecule has 2 heterocycles. The molecule has 15 aromatic rings. The molecule has 0 radical (unpaired) electrons. The number of halogens is 9. The Morgan fingerprint density at radius 2 is 0.642 bits per heavy atom. The molecule has 27 heteroatoms. The maximum Gasteiger partial charge on any atom is 0.416 e. The van der Waals surface area contributed by atoms with Crippen molar-refractivity contribution >= 4 is 56.2 Å². The number of anilines is 6. The molecule has 0 N–H and O–H groups in total. The third-order valence-electron chi connectivity index (χ3n) is 20.2. The Labute approximate surface area is 699 Å². The topological polar surface area (TPSA) is 219 Å². The number of alkyl halides is 9. The third-order valence-corrected chi connectivity index (χ3v) is 20.2. The summed E-state index contributed by atoms with van der Waals surface area (Å²) in [5.41, 5.74) is 0.750. The molecule has 0 spiro atoms. The second kappa shape index (κ2) is 35.5. The number of hydrogen-bond acceptors (Lipinski definition) is 15. The monoisotopic (exact) mass is 1660 g/mol. The summed E-state index contributed by atoms with van der Waals surface area (Å²) in [5, 5.41) is 61.1. The third kappa shape index (κ3) is 19.4. The van der Waals surface area contributed by atoms with E-state index in [2.05, 4.69) is 34.1 Å². The van der Waals surface area contributed by atoms with E-state index < -0.39 is 84.8 Å². The van der Waals surface area contributed by atoms with E-state index in [1.54, 1.807) is 48.5 Å². The fraction of sp³-hybridized carbons (Fsp3) is 0.146. The number of rotatable bonds is 30. The fourth-order valence-corrected chi connectivity index (χ4v) is 14.1. The van der Waals surface area contributed by atoms with Crippen molar-refractivity contribution in [1.29, 1.82) is 21.0 Å². The summed E-state index contributed by atoms with van der Waals surface area (Å²) in [6, 6.07) is 90.7. The van der Waals surface area contributed by atoms with Crippen LogP contribution in [-0.4, -0.2) is 59.7 Å². The Morgan fingerprint density at radius 1 is 0.341 bits per heavy atom. The predicted octanol–water partition coefficient (Wildman–Crippen LogP) is 21.8. The molecule has 2 aromatic heterocycles. The van der Waals surface area contributed by atoms with Crippen molar-refractivity contribution in [2.75, 3.05) is 49.4 Å². The Bertz CT molecular complexity index is 5950. The lowest BCUT2D eigenvalue weighted by Gasteiger charge is -2.33. The van der Waals surface area contributed by atoms with Crippen LogP contribution in [-0.2, 0) is 31.6 Å². The molecule has 0 saturated heterocycles. The normalized spacial score (nSPS) is 11.7. The van der Waals surface area contributed by atoms with E-state index in [1.165, 1.54) is 71.1 Å². The van der Waals surface area contributed by atoms with Gasteiger partial charge in [0.25, 0.3) is 0 Å². The maximum atomic E-state index is 14.8. The number of fused-ring (bicyclic) bond motifs is 2. The average molecular weight is 1660 g/mol. The maximum absolute atomic E-state index is 14.8. The van der Waals surface area contributed by atoms with Crippen molar-refractivity contribution < 1.29 is 72.7 Å². The first kappa shape index (κ1) is 82.5. The van der Waals surface area contributed by atoms with Crippen LogP contribution < -0.4 is 48.1 Å². The van der Waals surface area contributed by atoms with E-state index in [1.807, 2.05) is 170 Å². The number of aryl methyl sites for hydroxylation is 1. The highest BCUT2D eigenvalue weighted by atomic mass is 19.4. The quantitative estimate of drug-likeness (QED) is 0.0302. The minimum absolute atomic E-state index is 0.0183. The second-order valence-corrected chi connectivity index (χ2v) is 29.3. The van der Waals surface area contributed by atoms with Crippen LogP contribution in [0.25, 0.3) is 44.3 Å². The summed E-state index contributed by atoms with van der Waals surface area (Å²) >= 11 is 0. The largest absolute Gasteiger partial charge is 0.493 e. The van der Waals surface area contributed by atoms with Crippen LogP contribution in [0, 0.1) is 63.1 Å². The lowest BCUT2D eigenvalue weighted by Crippen LogP contribution is -2.55. The number of nitrogens with zero attached hydrogens (tertiary/aromatic N) is 12. The highest BCUT2D eigenvalue weighted by molar-refractivity contribution is 6.16. The Kier molecular flexibility index (Phi) is 23.8. The number of aromatic nitrogens is 6. The van der Waals surface area contributed by atoms with Crippen LogP contribution in [0.4, 0.5) is 73.6 Å². The lowest BCUT2D eigenvalue weighted by molar-refractivity contribution is -0.814. The summed E-state index contributed by atoms with van der Waals surface area (Å²) < 4.78 is 172. The molecule has 0 saturated carbocycles. The zero-order valence-electron chi connectivity index (χ0n) is 65.2. The van der Waals surface area contributed by atoms with E-state index in [0.29, 0.717) is 56.9 Å². The summed E-state index contributed by atoms with van der Waals surface area (Å²) in [5.74, 6) is -0.0580. The number of benzene rings is 13. The molecule has 13 aromatic carbocycles. The van der Waals surface area contributed by atoms with Crippen molar-refractivity contribution in [3.63, 3.8) is 0 Å². The minimum atomic E-state index is -5.28. The summed E-state index contributed by atoms with van der Waals surface area (Å²) in [7, 11) is 0. The predicted molar refractivity (Wildman–Crippen MR) is 442 cm³/mol. The molecule has 0 aliphatic heterocycles. The Balaban J connectivity index is 0.979. The minimum Gasteiger partial charge on any atom is -0.493 e. The highest BCUT2D eigenvalue weighted by Gasteiger charge is 2.43. The molecule has 0 unspecified atom stereocenters. The van der Waals surface area contributed by atoms with E-state index in [9.17, 15) is 60.6 Å². The smallest absolute Gasteiger partial charge is 0.416 e. The van der Waals surface area contributed by atoms with Gasteiger partial charge >= 0.3 is 18.5 Å². The molecular weight excluding hydrogens is 1590 g/mol. The van der Waals surface area contributed by atoms with Gasteiger partial charge in [-0.3, -0.25) is 0 Å². The first-order valence-corrected chi connectivity index (χ1v) is 38.3.